The van der Waals surface area contributed by atoms with E-state index in [2.05, 4.69) is 0 Å². The number of carbonyl (C=O) groups excluding carboxylic acids is 3. The highest BCUT2D eigenvalue weighted by Gasteiger charge is 2.55. The number of esters is 1. The molecular weight excluding hydrogens is 414 g/mol. The molecule has 2 amide bonds. The van der Waals surface area contributed by atoms with E-state index in [-0.39, 0.29) is 58.9 Å². The van der Waals surface area contributed by atoms with Gasteiger partial charge in [-0.3, -0.25) is 9.59 Å². The lowest BCUT2D eigenvalue weighted by molar-refractivity contribution is -0.121. The summed E-state index contributed by atoms with van der Waals surface area (Å²) in [5, 5.41) is 20.0. The molecule has 3 aliphatic heterocycles. The maximum Gasteiger partial charge on any atom is 0.342 e. The third-order valence-corrected chi connectivity index (χ3v) is 6.07. The molecule has 0 radical (unpaired) electrons. The van der Waals surface area contributed by atoms with Crippen LogP contribution in [0.5, 0.6) is 23.0 Å². The smallest absolute Gasteiger partial charge is 0.342 e. The van der Waals surface area contributed by atoms with Gasteiger partial charge in [-0.15, -0.1) is 0 Å². The maximum absolute atomic E-state index is 13.3. The lowest BCUT2D eigenvalue weighted by Gasteiger charge is -2.36. The molecule has 32 heavy (non-hydrogen) atoms. The van der Waals surface area contributed by atoms with Gasteiger partial charge in [-0.1, -0.05) is 12.1 Å². The van der Waals surface area contributed by atoms with E-state index in [1.165, 1.54) is 24.3 Å². The molecule has 8 nitrogen and oxygen atoms in total. The third kappa shape index (κ3) is 2.23. The summed E-state index contributed by atoms with van der Waals surface area (Å²) in [7, 11) is 0. The van der Waals surface area contributed by atoms with Crippen LogP contribution in [0.25, 0.3) is 0 Å². The molecular formula is C24H15NO7. The Morgan fingerprint density at radius 2 is 1.38 bits per heavy atom. The first-order valence-corrected chi connectivity index (χ1v) is 9.97. The number of nitrogens with zero attached hydrogens (tertiary/aromatic N) is 1. The minimum atomic E-state index is -1.45. The number of rotatable bonds is 1. The number of benzene rings is 3. The molecule has 0 aromatic heterocycles. The van der Waals surface area contributed by atoms with Crippen molar-refractivity contribution in [2.24, 2.45) is 0 Å². The first-order chi connectivity index (χ1) is 15.4. The lowest BCUT2D eigenvalue weighted by Crippen LogP contribution is -2.33. The highest BCUT2D eigenvalue weighted by atomic mass is 16.6. The number of fused-ring (bicyclic) bond motifs is 6. The molecule has 3 aliphatic rings. The van der Waals surface area contributed by atoms with Gasteiger partial charge in [0.1, 0.15) is 23.0 Å². The predicted molar refractivity (Wildman–Crippen MR) is 110 cm³/mol. The number of aromatic hydroxyl groups is 2. The van der Waals surface area contributed by atoms with Crippen molar-refractivity contribution < 1.29 is 34.1 Å². The molecule has 3 heterocycles. The van der Waals surface area contributed by atoms with Crippen molar-refractivity contribution in [1.82, 2.24) is 0 Å². The molecule has 0 bridgehead atoms. The Balaban J connectivity index is 1.68. The zero-order chi connectivity index (χ0) is 22.2. The molecule has 0 unspecified atom stereocenters. The number of carbonyl (C=O) groups is 3. The fraction of sp³-hybridized carbons (Fsp3) is 0.125. The van der Waals surface area contributed by atoms with Crippen molar-refractivity contribution in [2.45, 2.75) is 18.4 Å². The summed E-state index contributed by atoms with van der Waals surface area (Å²) >= 11 is 0. The molecule has 0 saturated carbocycles. The molecule has 3 aromatic carbocycles. The fourth-order valence-corrected chi connectivity index (χ4v) is 4.76. The van der Waals surface area contributed by atoms with Crippen LogP contribution in [-0.2, 0) is 19.9 Å². The number of imide groups is 1. The number of ether oxygens (including phenoxy) is 2. The molecule has 0 atom stereocenters. The second-order valence-electron chi connectivity index (χ2n) is 7.86. The zero-order valence-corrected chi connectivity index (χ0v) is 16.5. The van der Waals surface area contributed by atoms with Crippen LogP contribution in [-0.4, -0.2) is 28.0 Å². The van der Waals surface area contributed by atoms with Gasteiger partial charge in [-0.05, 0) is 30.3 Å². The Bertz CT molecular complexity index is 1310. The van der Waals surface area contributed by atoms with Gasteiger partial charge in [0.25, 0.3) is 0 Å². The van der Waals surface area contributed by atoms with Crippen LogP contribution in [0.4, 0.5) is 5.69 Å². The molecule has 3 aromatic rings. The van der Waals surface area contributed by atoms with E-state index in [4.69, 9.17) is 9.47 Å². The second kappa shape index (κ2) is 6.10. The first-order valence-electron chi connectivity index (χ1n) is 9.97. The monoisotopic (exact) mass is 429 g/mol. The molecule has 1 saturated heterocycles. The molecule has 8 heteroatoms. The van der Waals surface area contributed by atoms with Gasteiger partial charge in [0.05, 0.1) is 11.3 Å². The van der Waals surface area contributed by atoms with Crippen LogP contribution in [0.3, 0.4) is 0 Å². The lowest BCUT2D eigenvalue weighted by atomic mass is 9.77. The van der Waals surface area contributed by atoms with E-state index in [9.17, 15) is 24.6 Å². The Labute approximate surface area is 181 Å². The zero-order valence-electron chi connectivity index (χ0n) is 16.5. The van der Waals surface area contributed by atoms with Gasteiger partial charge >= 0.3 is 5.97 Å². The summed E-state index contributed by atoms with van der Waals surface area (Å²) in [6.45, 7) is 0. The number of hydrogen-bond acceptors (Lipinski definition) is 7. The first kappa shape index (κ1) is 18.4. The Morgan fingerprint density at radius 3 is 1.97 bits per heavy atom. The summed E-state index contributed by atoms with van der Waals surface area (Å²) in [4.78, 5) is 39.1. The van der Waals surface area contributed by atoms with Gasteiger partial charge in [-0.2, -0.15) is 0 Å². The Morgan fingerprint density at radius 1 is 0.781 bits per heavy atom. The number of hydrogen-bond donors (Lipinski definition) is 2. The van der Waals surface area contributed by atoms with Crippen LogP contribution in [0.15, 0.2) is 54.6 Å². The van der Waals surface area contributed by atoms with Crippen molar-refractivity contribution in [2.75, 3.05) is 4.90 Å². The van der Waals surface area contributed by atoms with Gasteiger partial charge in [0.15, 0.2) is 5.60 Å². The van der Waals surface area contributed by atoms with Crippen molar-refractivity contribution in [3.05, 3.63) is 76.9 Å². The molecule has 1 spiro atoms. The van der Waals surface area contributed by atoms with Gasteiger partial charge in [0.2, 0.25) is 11.8 Å². The normalized spacial score (nSPS) is 17.6. The third-order valence-electron chi connectivity index (χ3n) is 6.07. The highest BCUT2D eigenvalue weighted by molar-refractivity contribution is 6.22. The molecule has 1 fully saturated rings. The number of phenols is 2. The van der Waals surface area contributed by atoms with Crippen LogP contribution in [0, 0.1) is 0 Å². The van der Waals surface area contributed by atoms with Gasteiger partial charge < -0.3 is 19.7 Å². The summed E-state index contributed by atoms with van der Waals surface area (Å²) in [5.74, 6) is -1.03. The molecule has 0 aliphatic carbocycles. The SMILES string of the molecule is O=C1OC2(c3ccc(O)cc3Oc3cc(O)ccc32)c2cccc(N3C(=O)CCC3=O)c21. The number of phenolic OH excluding ortho intramolecular Hbond substituents is 2. The average Bonchev–Trinajstić information content (AvgIpc) is 3.25. The molecule has 2 N–H and O–H groups in total. The van der Waals surface area contributed by atoms with Crippen molar-refractivity contribution in [1.29, 1.82) is 0 Å². The van der Waals surface area contributed by atoms with Gasteiger partial charge in [-0.25, -0.2) is 9.69 Å². The predicted octanol–water partition coefficient (Wildman–Crippen LogP) is 3.32. The summed E-state index contributed by atoms with van der Waals surface area (Å²) in [5.41, 5.74) is 0.238. The molecule has 158 valence electrons. The Hall–Kier alpha value is -4.33. The van der Waals surface area contributed by atoms with E-state index in [1.807, 2.05) is 0 Å². The summed E-state index contributed by atoms with van der Waals surface area (Å²) < 4.78 is 11.9. The average molecular weight is 429 g/mol. The Kier molecular flexibility index (Phi) is 3.52. The standard InChI is InChI=1S/C24H15NO7/c26-12-4-6-14-18(10-12)31-19-11-13(27)5-7-15(19)24(14)16-2-1-3-17(22(16)23(30)32-24)25-20(28)8-9-21(25)29/h1-7,10-11,26-27H,8-9H2. The van der Waals surface area contributed by atoms with E-state index in [0.29, 0.717) is 16.7 Å². The van der Waals surface area contributed by atoms with Crippen molar-refractivity contribution >= 4 is 23.5 Å². The van der Waals surface area contributed by atoms with Gasteiger partial charge in [0, 0.05) is 41.7 Å². The highest BCUT2D eigenvalue weighted by Crippen LogP contribution is 2.58. The number of anilines is 1. The minimum Gasteiger partial charge on any atom is -0.508 e. The minimum absolute atomic E-state index is 0.0472. The van der Waals surface area contributed by atoms with Crippen LogP contribution in [0.1, 0.15) is 39.9 Å². The fourth-order valence-electron chi connectivity index (χ4n) is 4.76. The van der Waals surface area contributed by atoms with Crippen molar-refractivity contribution in [3.8, 4) is 23.0 Å². The summed E-state index contributed by atoms with van der Waals surface area (Å²) in [6.07, 6.45) is 0.168. The van der Waals surface area contributed by atoms with E-state index < -0.39 is 11.6 Å². The van der Waals surface area contributed by atoms with Crippen LogP contribution in [0.2, 0.25) is 0 Å². The maximum atomic E-state index is 13.3. The van der Waals surface area contributed by atoms with Crippen LogP contribution >= 0.6 is 0 Å². The van der Waals surface area contributed by atoms with E-state index in [1.54, 1.807) is 30.3 Å². The van der Waals surface area contributed by atoms with E-state index in [0.717, 1.165) is 4.90 Å². The summed E-state index contributed by atoms with van der Waals surface area (Å²) in [6, 6.07) is 13.8. The topological polar surface area (TPSA) is 113 Å². The number of amides is 2. The van der Waals surface area contributed by atoms with Crippen LogP contribution < -0.4 is 9.64 Å². The van der Waals surface area contributed by atoms with Crippen molar-refractivity contribution in [3.63, 3.8) is 0 Å². The molecule has 6 rings (SSSR count). The quantitative estimate of drug-likeness (QED) is 0.451. The van der Waals surface area contributed by atoms with E-state index >= 15 is 0 Å². The largest absolute Gasteiger partial charge is 0.508 e. The second-order valence-corrected chi connectivity index (χ2v) is 7.86.